The van der Waals surface area contributed by atoms with E-state index >= 15 is 0 Å². The molecule has 1 aromatic heterocycles. The van der Waals surface area contributed by atoms with Crippen LogP contribution in [0.3, 0.4) is 0 Å². The molecule has 0 fully saturated rings. The summed E-state index contributed by atoms with van der Waals surface area (Å²) in [4.78, 5) is 22.6. The number of non-ortho nitro benzene ring substituents is 1. The molecule has 0 atom stereocenters. The van der Waals surface area contributed by atoms with Crippen LogP contribution in [0.25, 0.3) is 21.7 Å². The van der Waals surface area contributed by atoms with E-state index in [-0.39, 0.29) is 21.8 Å². The highest BCUT2D eigenvalue weighted by molar-refractivity contribution is 7.92. The van der Waals surface area contributed by atoms with E-state index in [4.69, 9.17) is 9.15 Å². The number of anilines is 1. The second kappa shape index (κ2) is 7.65. The van der Waals surface area contributed by atoms with E-state index in [2.05, 4.69) is 4.72 Å². The van der Waals surface area contributed by atoms with Gasteiger partial charge >= 0.3 is 5.97 Å². The van der Waals surface area contributed by atoms with Gasteiger partial charge in [-0.2, -0.15) is 0 Å². The molecule has 0 saturated heterocycles. The number of sulfonamides is 1. The van der Waals surface area contributed by atoms with Gasteiger partial charge in [0.05, 0.1) is 22.6 Å². The van der Waals surface area contributed by atoms with Gasteiger partial charge in [0.25, 0.3) is 15.7 Å². The van der Waals surface area contributed by atoms with E-state index in [0.717, 1.165) is 6.07 Å². The first kappa shape index (κ1) is 21.3. The average Bonchev–Trinajstić information content (AvgIpc) is 3.09. The third-order valence-corrected chi connectivity index (χ3v) is 6.69. The fraction of sp³-hybridized carbons (Fsp3) is 0.136. The van der Waals surface area contributed by atoms with Gasteiger partial charge < -0.3 is 9.15 Å². The summed E-state index contributed by atoms with van der Waals surface area (Å²) in [7, 11) is -2.95. The number of esters is 1. The van der Waals surface area contributed by atoms with Crippen molar-refractivity contribution in [2.75, 3.05) is 11.8 Å². The van der Waals surface area contributed by atoms with Crippen LogP contribution in [0.1, 0.15) is 21.7 Å². The zero-order valence-electron chi connectivity index (χ0n) is 17.3. The number of fused-ring (bicyclic) bond motifs is 3. The van der Waals surface area contributed by atoms with Crippen molar-refractivity contribution in [3.05, 3.63) is 75.5 Å². The fourth-order valence-corrected chi connectivity index (χ4v) is 5.01. The number of ether oxygens (including phenoxy) is 1. The SMILES string of the molecule is COC(=O)c1c(C)oc2c1cc(NS(=O)(=O)c1cc([N+](=O)[O-])ccc1C)c1ccccc12. The van der Waals surface area contributed by atoms with E-state index in [1.807, 2.05) is 0 Å². The summed E-state index contributed by atoms with van der Waals surface area (Å²) in [5, 5.41) is 12.7. The van der Waals surface area contributed by atoms with Crippen molar-refractivity contribution < 1.29 is 27.3 Å². The zero-order chi connectivity index (χ0) is 23.2. The van der Waals surface area contributed by atoms with E-state index in [9.17, 15) is 23.3 Å². The van der Waals surface area contributed by atoms with Crippen molar-refractivity contribution in [3.63, 3.8) is 0 Å². The Hall–Kier alpha value is -3.92. The largest absolute Gasteiger partial charge is 0.465 e. The number of benzene rings is 3. The molecule has 0 saturated carbocycles. The first-order chi connectivity index (χ1) is 15.1. The van der Waals surface area contributed by atoms with Crippen molar-refractivity contribution >= 4 is 49.1 Å². The molecule has 0 amide bonds. The lowest BCUT2D eigenvalue weighted by Gasteiger charge is -2.13. The highest BCUT2D eigenvalue weighted by atomic mass is 32.2. The first-order valence-corrected chi connectivity index (χ1v) is 10.9. The van der Waals surface area contributed by atoms with Crippen LogP contribution >= 0.6 is 0 Å². The molecule has 32 heavy (non-hydrogen) atoms. The predicted octanol–water partition coefficient (Wildman–Crippen LogP) is 4.70. The summed E-state index contributed by atoms with van der Waals surface area (Å²) in [5.41, 5.74) is 0.829. The van der Waals surface area contributed by atoms with Crippen LogP contribution in [0.4, 0.5) is 11.4 Å². The zero-order valence-corrected chi connectivity index (χ0v) is 18.1. The molecule has 4 rings (SSSR count). The molecule has 0 aliphatic heterocycles. The Kier molecular flexibility index (Phi) is 5.09. The second-order valence-corrected chi connectivity index (χ2v) is 8.83. The van der Waals surface area contributed by atoms with Crippen molar-refractivity contribution in [1.82, 2.24) is 0 Å². The minimum Gasteiger partial charge on any atom is -0.465 e. The number of nitrogens with one attached hydrogen (secondary N) is 1. The third-order valence-electron chi connectivity index (χ3n) is 5.18. The number of nitro groups is 1. The molecule has 9 nitrogen and oxygen atoms in total. The second-order valence-electron chi connectivity index (χ2n) is 7.18. The minimum absolute atomic E-state index is 0.195. The highest BCUT2D eigenvalue weighted by Gasteiger charge is 2.25. The molecule has 1 heterocycles. The molecule has 0 aliphatic carbocycles. The lowest BCUT2D eigenvalue weighted by atomic mass is 10.0. The monoisotopic (exact) mass is 454 g/mol. The summed E-state index contributed by atoms with van der Waals surface area (Å²) in [6, 6.07) is 12.1. The van der Waals surface area contributed by atoms with Crippen LogP contribution in [0.15, 0.2) is 57.8 Å². The fourth-order valence-electron chi connectivity index (χ4n) is 3.67. The number of hydrogen-bond donors (Lipinski definition) is 1. The maximum Gasteiger partial charge on any atom is 0.342 e. The number of carbonyl (C=O) groups is 1. The van der Waals surface area contributed by atoms with Crippen LogP contribution in [-0.2, 0) is 14.8 Å². The number of aryl methyl sites for hydroxylation is 2. The number of hydrogen-bond acceptors (Lipinski definition) is 7. The van der Waals surface area contributed by atoms with Gasteiger partial charge in [-0.25, -0.2) is 13.2 Å². The van der Waals surface area contributed by atoms with Gasteiger partial charge in [-0.05, 0) is 25.5 Å². The summed E-state index contributed by atoms with van der Waals surface area (Å²) in [5.74, 6) is -0.272. The van der Waals surface area contributed by atoms with Crippen LogP contribution in [0, 0.1) is 24.0 Å². The molecule has 0 aliphatic rings. The summed E-state index contributed by atoms with van der Waals surface area (Å²) < 4.78 is 39.6. The summed E-state index contributed by atoms with van der Waals surface area (Å²) in [6.45, 7) is 3.17. The van der Waals surface area contributed by atoms with Gasteiger partial charge in [0, 0.05) is 28.3 Å². The summed E-state index contributed by atoms with van der Waals surface area (Å²) in [6.07, 6.45) is 0. The Labute approximate surface area is 182 Å². The van der Waals surface area contributed by atoms with Crippen LogP contribution in [0.5, 0.6) is 0 Å². The van der Waals surface area contributed by atoms with Gasteiger partial charge in [-0.1, -0.05) is 30.3 Å². The normalized spacial score (nSPS) is 11.6. The number of nitro benzene ring substituents is 1. The Balaban J connectivity index is 1.95. The minimum atomic E-state index is -4.19. The maximum absolute atomic E-state index is 13.2. The van der Waals surface area contributed by atoms with Crippen molar-refractivity contribution in [3.8, 4) is 0 Å². The standard InChI is InChI=1S/C22H18N2O7S/c1-12-8-9-14(24(26)27)10-19(12)32(28,29)23-18-11-17-20(22(25)30-3)13(2)31-21(17)16-7-5-4-6-15(16)18/h4-11,23H,1-3H3. The van der Waals surface area contributed by atoms with Crippen LogP contribution in [0.2, 0.25) is 0 Å². The molecule has 164 valence electrons. The molecular weight excluding hydrogens is 436 g/mol. The molecule has 4 aromatic rings. The first-order valence-electron chi connectivity index (χ1n) is 9.45. The molecule has 3 aromatic carbocycles. The smallest absolute Gasteiger partial charge is 0.342 e. The van der Waals surface area contributed by atoms with Crippen molar-refractivity contribution in [2.45, 2.75) is 18.7 Å². The Morgan fingerprint density at radius 2 is 1.75 bits per heavy atom. The Morgan fingerprint density at radius 3 is 2.41 bits per heavy atom. The third kappa shape index (κ3) is 3.44. The van der Waals surface area contributed by atoms with E-state index in [1.165, 1.54) is 25.3 Å². The molecule has 0 bridgehead atoms. The lowest BCUT2D eigenvalue weighted by Crippen LogP contribution is -2.15. The molecular formula is C22H18N2O7S. The van der Waals surface area contributed by atoms with Gasteiger partial charge in [0.1, 0.15) is 16.9 Å². The van der Waals surface area contributed by atoms with Gasteiger partial charge in [-0.3, -0.25) is 14.8 Å². The van der Waals surface area contributed by atoms with Gasteiger partial charge in [0.15, 0.2) is 0 Å². The lowest BCUT2D eigenvalue weighted by molar-refractivity contribution is -0.385. The molecule has 10 heteroatoms. The van der Waals surface area contributed by atoms with Crippen molar-refractivity contribution in [2.24, 2.45) is 0 Å². The number of furan rings is 1. The quantitative estimate of drug-likeness (QED) is 0.263. The number of carbonyl (C=O) groups excluding carboxylic acids is 1. The molecule has 0 unspecified atom stereocenters. The number of nitrogens with zero attached hydrogens (tertiary/aromatic N) is 1. The van der Waals surface area contributed by atoms with E-state index in [0.29, 0.717) is 33.1 Å². The maximum atomic E-state index is 13.2. The predicted molar refractivity (Wildman–Crippen MR) is 118 cm³/mol. The van der Waals surface area contributed by atoms with E-state index in [1.54, 1.807) is 38.1 Å². The Bertz CT molecular complexity index is 1520. The number of methoxy groups -OCH3 is 1. The van der Waals surface area contributed by atoms with Crippen LogP contribution < -0.4 is 4.72 Å². The topological polar surface area (TPSA) is 129 Å². The van der Waals surface area contributed by atoms with E-state index < -0.39 is 20.9 Å². The van der Waals surface area contributed by atoms with Gasteiger partial charge in [-0.15, -0.1) is 0 Å². The number of rotatable bonds is 5. The molecule has 0 radical (unpaired) electrons. The molecule has 1 N–H and O–H groups in total. The Morgan fingerprint density at radius 1 is 1.06 bits per heavy atom. The van der Waals surface area contributed by atoms with Crippen molar-refractivity contribution in [1.29, 1.82) is 0 Å². The average molecular weight is 454 g/mol. The molecule has 0 spiro atoms. The van der Waals surface area contributed by atoms with Crippen LogP contribution in [-0.4, -0.2) is 26.4 Å². The summed E-state index contributed by atoms with van der Waals surface area (Å²) >= 11 is 0. The van der Waals surface area contributed by atoms with Gasteiger partial charge in [0.2, 0.25) is 0 Å². The highest BCUT2D eigenvalue weighted by Crippen LogP contribution is 2.38.